The highest BCUT2D eigenvalue weighted by Crippen LogP contribution is 2.37. The molecule has 2 rings (SSSR count). The fraction of sp³-hybridized carbons (Fsp3) is 0.0833. The van der Waals surface area contributed by atoms with Gasteiger partial charge in [-0.3, -0.25) is 0 Å². The van der Waals surface area contributed by atoms with Crippen molar-refractivity contribution in [3.63, 3.8) is 0 Å². The topological polar surface area (TPSA) is 70.7 Å². The van der Waals surface area contributed by atoms with Crippen LogP contribution in [-0.4, -0.2) is 10.2 Å². The van der Waals surface area contributed by atoms with Gasteiger partial charge in [-0.25, -0.2) is 9.18 Å². The maximum absolute atomic E-state index is 13.5. The maximum Gasteiger partial charge on any atom is 0.343 e. The molecule has 0 unspecified atom stereocenters. The van der Waals surface area contributed by atoms with Gasteiger partial charge in [0.05, 0.1) is 11.1 Å². The maximum atomic E-state index is 13.5. The van der Waals surface area contributed by atoms with Gasteiger partial charge in [-0.15, -0.1) is 0 Å². The van der Waals surface area contributed by atoms with Crippen LogP contribution in [0.4, 0.5) is 4.39 Å². The van der Waals surface area contributed by atoms with Gasteiger partial charge in [-0.05, 0) is 19.1 Å². The van der Waals surface area contributed by atoms with E-state index in [9.17, 15) is 19.4 Å². The summed E-state index contributed by atoms with van der Waals surface area (Å²) in [6.07, 6.45) is 0. The lowest BCUT2D eigenvalue weighted by Gasteiger charge is -2.07. The molecular weight excluding hydrogens is 227 g/mol. The van der Waals surface area contributed by atoms with Crippen molar-refractivity contribution in [1.29, 1.82) is 0 Å². The summed E-state index contributed by atoms with van der Waals surface area (Å²) in [7, 11) is 0. The first-order valence-corrected chi connectivity index (χ1v) is 4.83. The van der Waals surface area contributed by atoms with E-state index in [1.54, 1.807) is 0 Å². The van der Waals surface area contributed by atoms with Crippen LogP contribution in [0, 0.1) is 12.7 Å². The second kappa shape index (κ2) is 3.93. The van der Waals surface area contributed by atoms with Crippen LogP contribution in [0.3, 0.4) is 0 Å². The lowest BCUT2D eigenvalue weighted by molar-refractivity contribution is 0.372. The minimum atomic E-state index is -0.821. The molecule has 0 aliphatic carbocycles. The van der Waals surface area contributed by atoms with Gasteiger partial charge in [-0.1, -0.05) is 12.1 Å². The lowest BCUT2D eigenvalue weighted by Crippen LogP contribution is -2.04. The van der Waals surface area contributed by atoms with Crippen LogP contribution < -0.4 is 5.63 Å². The Hall–Kier alpha value is -2.30. The van der Waals surface area contributed by atoms with E-state index in [2.05, 4.69) is 0 Å². The summed E-state index contributed by atoms with van der Waals surface area (Å²) in [6.45, 7) is 1.30. The Morgan fingerprint density at radius 1 is 1.18 bits per heavy atom. The van der Waals surface area contributed by atoms with Crippen LogP contribution in [0.5, 0.6) is 11.5 Å². The zero-order chi connectivity index (χ0) is 12.6. The molecular formula is C12H9FO4. The monoisotopic (exact) mass is 236 g/mol. The quantitative estimate of drug-likeness (QED) is 0.796. The first-order valence-electron chi connectivity index (χ1n) is 4.83. The van der Waals surface area contributed by atoms with E-state index in [1.807, 2.05) is 0 Å². The Morgan fingerprint density at radius 3 is 2.47 bits per heavy atom. The third-order valence-electron chi connectivity index (χ3n) is 2.41. The number of rotatable bonds is 1. The number of halogens is 1. The SMILES string of the molecule is Cc1c(O)c(O)c(-c2ccccc2F)oc1=O. The fourth-order valence-electron chi connectivity index (χ4n) is 1.43. The molecule has 0 bridgehead atoms. The first kappa shape index (κ1) is 11.2. The van der Waals surface area contributed by atoms with Crippen molar-refractivity contribution in [2.75, 3.05) is 0 Å². The van der Waals surface area contributed by atoms with E-state index in [0.717, 1.165) is 6.07 Å². The standard InChI is InChI=1S/C12H9FO4/c1-6-9(14)10(15)11(17-12(6)16)7-4-2-3-5-8(7)13/h2-5,14-15H,1H3. The van der Waals surface area contributed by atoms with E-state index in [1.165, 1.54) is 25.1 Å². The van der Waals surface area contributed by atoms with E-state index < -0.39 is 22.9 Å². The molecule has 0 fully saturated rings. The molecule has 0 spiro atoms. The van der Waals surface area contributed by atoms with Crippen molar-refractivity contribution < 1.29 is 19.0 Å². The molecule has 1 aromatic heterocycles. The minimum absolute atomic E-state index is 0.0857. The molecule has 0 amide bonds. The average Bonchev–Trinajstić information content (AvgIpc) is 2.32. The highest BCUT2D eigenvalue weighted by atomic mass is 19.1. The predicted octanol–water partition coefficient (Wildman–Crippen LogP) is 2.17. The molecule has 1 aromatic carbocycles. The Balaban J connectivity index is 2.78. The molecule has 1 heterocycles. The fourth-order valence-corrected chi connectivity index (χ4v) is 1.43. The first-order chi connectivity index (χ1) is 8.02. The number of benzene rings is 1. The third-order valence-corrected chi connectivity index (χ3v) is 2.41. The smallest absolute Gasteiger partial charge is 0.343 e. The van der Waals surface area contributed by atoms with E-state index in [4.69, 9.17) is 4.42 Å². The van der Waals surface area contributed by atoms with Crippen LogP contribution in [0.1, 0.15) is 5.56 Å². The molecule has 2 N–H and O–H groups in total. The van der Waals surface area contributed by atoms with Crippen LogP contribution in [0.15, 0.2) is 33.5 Å². The van der Waals surface area contributed by atoms with Crippen molar-refractivity contribution in [3.05, 3.63) is 46.1 Å². The summed E-state index contributed by atoms with van der Waals surface area (Å²) in [6, 6.07) is 5.48. The van der Waals surface area contributed by atoms with Gasteiger partial charge in [0, 0.05) is 0 Å². The van der Waals surface area contributed by atoms with Crippen LogP contribution in [-0.2, 0) is 0 Å². The molecule has 4 nitrogen and oxygen atoms in total. The van der Waals surface area contributed by atoms with Gasteiger partial charge in [0.25, 0.3) is 0 Å². The second-order valence-corrected chi connectivity index (χ2v) is 3.52. The molecule has 0 saturated carbocycles. The molecule has 5 heteroatoms. The highest BCUT2D eigenvalue weighted by molar-refractivity contribution is 5.68. The van der Waals surface area contributed by atoms with Crippen molar-refractivity contribution in [1.82, 2.24) is 0 Å². The lowest BCUT2D eigenvalue weighted by atomic mass is 10.1. The zero-order valence-electron chi connectivity index (χ0n) is 8.90. The zero-order valence-corrected chi connectivity index (χ0v) is 8.90. The van der Waals surface area contributed by atoms with Crippen molar-refractivity contribution in [3.8, 4) is 22.8 Å². The molecule has 0 aliphatic heterocycles. The summed E-state index contributed by atoms with van der Waals surface area (Å²) in [4.78, 5) is 11.3. The van der Waals surface area contributed by atoms with E-state index >= 15 is 0 Å². The van der Waals surface area contributed by atoms with Crippen molar-refractivity contribution >= 4 is 0 Å². The number of hydrogen-bond donors (Lipinski definition) is 2. The van der Waals surface area contributed by atoms with Crippen LogP contribution in [0.2, 0.25) is 0 Å². The van der Waals surface area contributed by atoms with Gasteiger partial charge < -0.3 is 14.6 Å². The molecule has 17 heavy (non-hydrogen) atoms. The molecule has 0 radical (unpaired) electrons. The second-order valence-electron chi connectivity index (χ2n) is 3.52. The number of aromatic hydroxyl groups is 2. The molecule has 0 atom stereocenters. The normalized spacial score (nSPS) is 10.5. The molecule has 0 saturated heterocycles. The van der Waals surface area contributed by atoms with Crippen molar-refractivity contribution in [2.24, 2.45) is 0 Å². The Labute approximate surface area is 95.6 Å². The van der Waals surface area contributed by atoms with E-state index in [-0.39, 0.29) is 16.9 Å². The summed E-state index contributed by atoms with van der Waals surface area (Å²) in [5.41, 5.74) is -1.03. The molecule has 2 aromatic rings. The average molecular weight is 236 g/mol. The minimum Gasteiger partial charge on any atom is -0.504 e. The summed E-state index contributed by atoms with van der Waals surface area (Å²) < 4.78 is 18.2. The summed E-state index contributed by atoms with van der Waals surface area (Å²) in [5, 5.41) is 19.1. The van der Waals surface area contributed by atoms with Gasteiger partial charge in [0.1, 0.15) is 5.82 Å². The van der Waals surface area contributed by atoms with E-state index in [0.29, 0.717) is 0 Å². The van der Waals surface area contributed by atoms with Gasteiger partial charge in [-0.2, -0.15) is 0 Å². The predicted molar refractivity (Wildman–Crippen MR) is 58.4 cm³/mol. The summed E-state index contributed by atoms with van der Waals surface area (Å²) >= 11 is 0. The van der Waals surface area contributed by atoms with Crippen LogP contribution in [0.25, 0.3) is 11.3 Å². The molecule has 0 aliphatic rings. The van der Waals surface area contributed by atoms with Gasteiger partial charge in [0.15, 0.2) is 11.5 Å². The highest BCUT2D eigenvalue weighted by Gasteiger charge is 2.19. The third kappa shape index (κ3) is 1.75. The van der Waals surface area contributed by atoms with Gasteiger partial charge in [0.2, 0.25) is 5.75 Å². The largest absolute Gasteiger partial charge is 0.504 e. The Kier molecular flexibility index (Phi) is 2.59. The Morgan fingerprint density at radius 2 is 1.82 bits per heavy atom. The van der Waals surface area contributed by atoms with Crippen molar-refractivity contribution in [2.45, 2.75) is 6.92 Å². The Bertz CT molecular complexity index is 631. The number of hydrogen-bond acceptors (Lipinski definition) is 4. The summed E-state index contributed by atoms with van der Waals surface area (Å²) in [5.74, 6) is -2.28. The van der Waals surface area contributed by atoms with Gasteiger partial charge >= 0.3 is 5.63 Å². The van der Waals surface area contributed by atoms with Crippen LogP contribution >= 0.6 is 0 Å². The molecule has 88 valence electrons.